The number of aromatic amines is 1. The smallest absolute Gasteiger partial charge is 0.159 e. The fourth-order valence-corrected chi connectivity index (χ4v) is 4.69. The van der Waals surface area contributed by atoms with E-state index in [-0.39, 0.29) is 24.2 Å². The molecule has 1 aliphatic heterocycles. The number of ketones is 1. The zero-order valence-corrected chi connectivity index (χ0v) is 20.7. The molecule has 0 amide bonds. The van der Waals surface area contributed by atoms with Crippen molar-refractivity contribution in [1.82, 2.24) is 25.1 Å². The van der Waals surface area contributed by atoms with Crippen LogP contribution in [-0.4, -0.2) is 57.0 Å². The van der Waals surface area contributed by atoms with E-state index in [1.807, 2.05) is 30.5 Å². The number of halogens is 1. The van der Waals surface area contributed by atoms with Gasteiger partial charge in [0.1, 0.15) is 5.69 Å². The maximum Gasteiger partial charge on any atom is 0.159 e. The lowest BCUT2D eigenvalue weighted by atomic mass is 9.97. The summed E-state index contributed by atoms with van der Waals surface area (Å²) in [7, 11) is 0. The molecule has 0 radical (unpaired) electrons. The van der Waals surface area contributed by atoms with Gasteiger partial charge in [-0.2, -0.15) is 5.10 Å². The SMILES string of the molecule is CC(=O)c1ccc(-c2nccnc2N2CCN(C(c3ccccc3)c3c[nH]nc3C)CC2)cc1.Cl. The molecule has 5 rings (SSSR count). The normalized spacial score (nSPS) is 14.9. The van der Waals surface area contributed by atoms with Gasteiger partial charge in [-0.25, -0.2) is 4.98 Å². The number of carbonyl (C=O) groups excluding carboxylic acids is 1. The Morgan fingerprint density at radius 2 is 1.63 bits per heavy atom. The van der Waals surface area contributed by atoms with Crippen LogP contribution in [0, 0.1) is 6.92 Å². The first-order valence-corrected chi connectivity index (χ1v) is 11.6. The predicted octanol–water partition coefficient (Wildman–Crippen LogP) is 4.71. The third-order valence-corrected chi connectivity index (χ3v) is 6.50. The van der Waals surface area contributed by atoms with Gasteiger partial charge in [0, 0.05) is 61.5 Å². The first-order valence-electron chi connectivity index (χ1n) is 11.6. The molecule has 7 nitrogen and oxygen atoms in total. The van der Waals surface area contributed by atoms with E-state index >= 15 is 0 Å². The highest BCUT2D eigenvalue weighted by molar-refractivity contribution is 5.94. The van der Waals surface area contributed by atoms with Gasteiger partial charge in [0.25, 0.3) is 0 Å². The molecule has 0 spiro atoms. The molecule has 0 saturated carbocycles. The maximum atomic E-state index is 11.7. The van der Waals surface area contributed by atoms with Crippen LogP contribution in [0.2, 0.25) is 0 Å². The molecule has 2 aromatic carbocycles. The third kappa shape index (κ3) is 5.11. The van der Waals surface area contributed by atoms with E-state index in [1.54, 1.807) is 19.3 Å². The van der Waals surface area contributed by atoms with Crippen LogP contribution in [0.1, 0.15) is 40.1 Å². The second-order valence-electron chi connectivity index (χ2n) is 8.62. The van der Waals surface area contributed by atoms with Crippen LogP contribution in [-0.2, 0) is 0 Å². The zero-order chi connectivity index (χ0) is 23.5. The molecule has 1 aliphatic rings. The number of piperazine rings is 1. The van der Waals surface area contributed by atoms with Gasteiger partial charge in [0.2, 0.25) is 0 Å². The van der Waals surface area contributed by atoms with E-state index in [1.165, 1.54) is 11.1 Å². The van der Waals surface area contributed by atoms with Crippen molar-refractivity contribution < 1.29 is 4.79 Å². The summed E-state index contributed by atoms with van der Waals surface area (Å²) in [6.07, 6.45) is 5.49. The lowest BCUT2D eigenvalue weighted by Crippen LogP contribution is -2.48. The van der Waals surface area contributed by atoms with Crippen LogP contribution in [0.15, 0.2) is 73.2 Å². The van der Waals surface area contributed by atoms with Crippen LogP contribution in [0.4, 0.5) is 5.82 Å². The van der Waals surface area contributed by atoms with Crippen molar-refractivity contribution in [3.8, 4) is 11.3 Å². The van der Waals surface area contributed by atoms with E-state index in [0.29, 0.717) is 5.56 Å². The van der Waals surface area contributed by atoms with Crippen LogP contribution in [0.25, 0.3) is 11.3 Å². The molecule has 35 heavy (non-hydrogen) atoms. The third-order valence-electron chi connectivity index (χ3n) is 6.50. The minimum Gasteiger partial charge on any atom is -0.352 e. The number of nitrogens with one attached hydrogen (secondary N) is 1. The van der Waals surface area contributed by atoms with Crippen LogP contribution in [0.5, 0.6) is 0 Å². The summed E-state index contributed by atoms with van der Waals surface area (Å²) < 4.78 is 0. The lowest BCUT2D eigenvalue weighted by Gasteiger charge is -2.40. The van der Waals surface area contributed by atoms with Crippen molar-refractivity contribution in [2.75, 3.05) is 31.1 Å². The monoisotopic (exact) mass is 488 g/mol. The number of rotatable bonds is 6. The van der Waals surface area contributed by atoms with Crippen molar-refractivity contribution in [2.24, 2.45) is 0 Å². The van der Waals surface area contributed by atoms with Crippen molar-refractivity contribution in [3.63, 3.8) is 0 Å². The highest BCUT2D eigenvalue weighted by Gasteiger charge is 2.29. The summed E-state index contributed by atoms with van der Waals surface area (Å²) in [5, 5.41) is 7.41. The average Bonchev–Trinajstić information content (AvgIpc) is 3.30. The molecule has 4 aromatic rings. The van der Waals surface area contributed by atoms with Gasteiger partial charge in [-0.1, -0.05) is 54.6 Å². The maximum absolute atomic E-state index is 11.7. The van der Waals surface area contributed by atoms with E-state index in [2.05, 4.69) is 62.2 Å². The summed E-state index contributed by atoms with van der Waals surface area (Å²) >= 11 is 0. The standard InChI is InChI=1S/C27H28N6O.ClH/c1-19-24(18-30-31-19)26(23-6-4-3-5-7-23)32-14-16-33(17-15-32)27-25(28-12-13-29-27)22-10-8-21(9-11-22)20(2)34;/h3-13,18,26H,14-17H2,1-2H3,(H,30,31);1H. The highest BCUT2D eigenvalue weighted by Crippen LogP contribution is 2.33. The molecular weight excluding hydrogens is 460 g/mol. The Balaban J connectivity index is 0.00000289. The van der Waals surface area contributed by atoms with E-state index < -0.39 is 0 Å². The number of hydrogen-bond acceptors (Lipinski definition) is 6. The summed E-state index contributed by atoms with van der Waals surface area (Å²) in [4.78, 5) is 25.8. The summed E-state index contributed by atoms with van der Waals surface area (Å²) in [5.74, 6) is 0.941. The number of H-pyrrole nitrogens is 1. The minimum absolute atomic E-state index is 0. The summed E-state index contributed by atoms with van der Waals surface area (Å²) in [5.41, 5.74) is 6.02. The minimum atomic E-state index is 0. The molecule has 1 fully saturated rings. The van der Waals surface area contributed by atoms with Gasteiger partial charge in [-0.15, -0.1) is 12.4 Å². The van der Waals surface area contributed by atoms with E-state index in [0.717, 1.165) is 48.9 Å². The number of anilines is 1. The number of benzene rings is 2. The van der Waals surface area contributed by atoms with Crippen molar-refractivity contribution in [1.29, 1.82) is 0 Å². The second-order valence-corrected chi connectivity index (χ2v) is 8.62. The van der Waals surface area contributed by atoms with Crippen molar-refractivity contribution in [3.05, 3.63) is 95.6 Å². The topological polar surface area (TPSA) is 78.0 Å². The Bertz CT molecular complexity index is 1270. The Labute approximate surface area is 211 Å². The molecule has 1 N–H and O–H groups in total. The average molecular weight is 489 g/mol. The molecule has 8 heteroatoms. The largest absolute Gasteiger partial charge is 0.352 e. The first kappa shape index (κ1) is 24.6. The molecule has 0 aliphatic carbocycles. The van der Waals surface area contributed by atoms with Crippen LogP contribution >= 0.6 is 12.4 Å². The number of nitrogens with zero attached hydrogens (tertiary/aromatic N) is 5. The number of aryl methyl sites for hydroxylation is 1. The number of aromatic nitrogens is 4. The predicted molar refractivity (Wildman–Crippen MR) is 140 cm³/mol. The van der Waals surface area contributed by atoms with Gasteiger partial charge in [-0.3, -0.25) is 19.8 Å². The highest BCUT2D eigenvalue weighted by atomic mass is 35.5. The quantitative estimate of drug-likeness (QED) is 0.396. The Morgan fingerprint density at radius 1 is 0.943 bits per heavy atom. The fourth-order valence-electron chi connectivity index (χ4n) is 4.69. The zero-order valence-electron chi connectivity index (χ0n) is 19.9. The van der Waals surface area contributed by atoms with Crippen LogP contribution < -0.4 is 4.90 Å². The van der Waals surface area contributed by atoms with Gasteiger partial charge >= 0.3 is 0 Å². The summed E-state index contributed by atoms with van der Waals surface area (Å²) in [6, 6.07) is 18.4. The van der Waals surface area contributed by atoms with Gasteiger partial charge in [-0.05, 0) is 19.4 Å². The summed E-state index contributed by atoms with van der Waals surface area (Å²) in [6.45, 7) is 7.11. The molecule has 1 saturated heterocycles. The molecule has 1 atom stereocenters. The molecule has 2 aromatic heterocycles. The van der Waals surface area contributed by atoms with Crippen molar-refractivity contribution in [2.45, 2.75) is 19.9 Å². The Kier molecular flexibility index (Phi) is 7.58. The number of Topliss-reactive ketones (excluding diaryl/α,β-unsaturated/α-hetero) is 1. The van der Waals surface area contributed by atoms with E-state index in [9.17, 15) is 4.79 Å². The van der Waals surface area contributed by atoms with Crippen molar-refractivity contribution >= 4 is 24.0 Å². The van der Waals surface area contributed by atoms with Crippen LogP contribution in [0.3, 0.4) is 0 Å². The molecule has 3 heterocycles. The van der Waals surface area contributed by atoms with E-state index in [4.69, 9.17) is 4.98 Å². The Morgan fingerprint density at radius 3 is 2.26 bits per heavy atom. The number of hydrogen-bond donors (Lipinski definition) is 1. The lowest BCUT2D eigenvalue weighted by molar-refractivity contribution is 0.101. The first-order chi connectivity index (χ1) is 16.6. The van der Waals surface area contributed by atoms with Gasteiger partial charge < -0.3 is 4.90 Å². The molecule has 0 bridgehead atoms. The fraction of sp³-hybridized carbons (Fsp3) is 0.259. The van der Waals surface area contributed by atoms with Gasteiger partial charge in [0.15, 0.2) is 11.6 Å². The molecule has 180 valence electrons. The number of carbonyl (C=O) groups is 1. The molecular formula is C27H29ClN6O. The second kappa shape index (κ2) is 10.8. The Hall–Kier alpha value is -3.55. The van der Waals surface area contributed by atoms with Gasteiger partial charge in [0.05, 0.1) is 11.7 Å². The molecule has 1 unspecified atom stereocenters.